The van der Waals surface area contributed by atoms with Crippen molar-refractivity contribution in [2.45, 2.75) is 0 Å². The first kappa shape index (κ1) is 13.4. The van der Waals surface area contributed by atoms with E-state index in [4.69, 9.17) is 0 Å². The number of hydrogen-bond donors (Lipinski definition) is 1. The largest absolute Gasteiger partial charge is 0.508 e. The second kappa shape index (κ2) is 5.27. The molecule has 0 aliphatic rings. The summed E-state index contributed by atoms with van der Waals surface area (Å²) in [5.41, 5.74) is 2.84. The van der Waals surface area contributed by atoms with Gasteiger partial charge in [0.15, 0.2) is 0 Å². The van der Waals surface area contributed by atoms with Crippen LogP contribution in [0.5, 0.6) is 5.75 Å². The number of imidazole rings is 1. The lowest BCUT2D eigenvalue weighted by molar-refractivity contribution is 0.475. The van der Waals surface area contributed by atoms with Crippen molar-refractivity contribution in [3.8, 4) is 17.0 Å². The van der Waals surface area contributed by atoms with Gasteiger partial charge in [-0.25, -0.2) is 4.98 Å². The van der Waals surface area contributed by atoms with Crippen molar-refractivity contribution < 1.29 is 5.11 Å². The van der Waals surface area contributed by atoms with E-state index in [1.165, 1.54) is 3.57 Å². The predicted molar refractivity (Wildman–Crippen MR) is 85.3 cm³/mol. The molecule has 2 aromatic heterocycles. The number of rotatable bonds is 1. The molecule has 0 aliphatic carbocycles. The number of phenols is 1. The second-order valence-electron chi connectivity index (χ2n) is 3.79. The van der Waals surface area contributed by atoms with E-state index < -0.39 is 0 Å². The number of nitrogens with zero attached hydrogens (tertiary/aromatic N) is 2. The average molecular weight is 417 g/mol. The first-order valence-electron chi connectivity index (χ1n) is 5.16. The molecule has 0 radical (unpaired) electrons. The topological polar surface area (TPSA) is 37.5 Å². The molecule has 0 unspecified atom stereocenters. The Morgan fingerprint density at radius 1 is 1.00 bits per heavy atom. The minimum atomic E-state index is 0. The molecule has 5 heteroatoms. The van der Waals surface area contributed by atoms with Gasteiger partial charge in [-0.05, 0) is 59.0 Å². The molecular formula is C13H10BrIN2O. The molecule has 1 aromatic carbocycles. The average Bonchev–Trinajstić information content (AvgIpc) is 2.72. The SMILES string of the molecule is Br.Oc1ccc(-c2cn3cc(I)ccc3n2)cc1. The van der Waals surface area contributed by atoms with Gasteiger partial charge >= 0.3 is 0 Å². The van der Waals surface area contributed by atoms with Gasteiger partial charge in [0.05, 0.1) is 5.69 Å². The molecule has 0 saturated carbocycles. The summed E-state index contributed by atoms with van der Waals surface area (Å²) in [6, 6.07) is 11.1. The third kappa shape index (κ3) is 2.51. The molecule has 1 N–H and O–H groups in total. The summed E-state index contributed by atoms with van der Waals surface area (Å²) in [4.78, 5) is 4.53. The van der Waals surface area contributed by atoms with Gasteiger partial charge in [-0.15, -0.1) is 17.0 Å². The number of pyridine rings is 1. The van der Waals surface area contributed by atoms with Gasteiger partial charge in [-0.2, -0.15) is 0 Å². The monoisotopic (exact) mass is 416 g/mol. The van der Waals surface area contributed by atoms with Gasteiger partial charge in [-0.1, -0.05) is 0 Å². The molecule has 2 heterocycles. The Morgan fingerprint density at radius 2 is 1.72 bits per heavy atom. The molecule has 0 aliphatic heterocycles. The van der Waals surface area contributed by atoms with Gasteiger partial charge in [0, 0.05) is 21.5 Å². The molecule has 92 valence electrons. The number of aromatic hydroxyl groups is 1. The van der Waals surface area contributed by atoms with Crippen molar-refractivity contribution >= 4 is 45.2 Å². The molecule has 3 nitrogen and oxygen atoms in total. The van der Waals surface area contributed by atoms with Crippen LogP contribution in [0.1, 0.15) is 0 Å². The Kier molecular flexibility index (Phi) is 3.91. The van der Waals surface area contributed by atoms with Crippen molar-refractivity contribution in [3.05, 3.63) is 52.4 Å². The first-order valence-corrected chi connectivity index (χ1v) is 6.24. The Morgan fingerprint density at radius 3 is 2.44 bits per heavy atom. The summed E-state index contributed by atoms with van der Waals surface area (Å²) in [6.45, 7) is 0. The fraction of sp³-hybridized carbons (Fsp3) is 0. The standard InChI is InChI=1S/C13H9IN2O.BrH/c14-10-3-6-13-15-12(8-16(13)7-10)9-1-4-11(17)5-2-9;/h1-8,17H;1H. The highest BCUT2D eigenvalue weighted by Gasteiger charge is 2.04. The maximum Gasteiger partial charge on any atom is 0.137 e. The molecule has 0 atom stereocenters. The third-order valence-electron chi connectivity index (χ3n) is 2.58. The number of phenolic OH excluding ortho intramolecular Hbond substituents is 1. The molecule has 18 heavy (non-hydrogen) atoms. The molecule has 3 aromatic rings. The van der Waals surface area contributed by atoms with Crippen molar-refractivity contribution in [2.24, 2.45) is 0 Å². The first-order chi connectivity index (χ1) is 8.22. The van der Waals surface area contributed by atoms with E-state index in [9.17, 15) is 5.11 Å². The predicted octanol–water partition coefficient (Wildman–Crippen LogP) is 3.89. The van der Waals surface area contributed by atoms with Crippen LogP contribution in [0.3, 0.4) is 0 Å². The molecule has 0 amide bonds. The summed E-state index contributed by atoms with van der Waals surface area (Å²) in [7, 11) is 0. The highest BCUT2D eigenvalue weighted by atomic mass is 127. The maximum absolute atomic E-state index is 9.25. The van der Waals surface area contributed by atoms with Gasteiger partial charge in [0.25, 0.3) is 0 Å². The van der Waals surface area contributed by atoms with Gasteiger partial charge < -0.3 is 9.51 Å². The van der Waals surface area contributed by atoms with Gasteiger partial charge in [-0.3, -0.25) is 0 Å². The highest BCUT2D eigenvalue weighted by molar-refractivity contribution is 14.1. The summed E-state index contributed by atoms with van der Waals surface area (Å²) in [5, 5.41) is 9.25. The van der Waals surface area contributed by atoms with E-state index in [1.807, 2.05) is 41.1 Å². The third-order valence-corrected chi connectivity index (χ3v) is 3.22. The van der Waals surface area contributed by atoms with Crippen molar-refractivity contribution in [1.82, 2.24) is 9.38 Å². The van der Waals surface area contributed by atoms with Crippen LogP contribution in [0.25, 0.3) is 16.9 Å². The van der Waals surface area contributed by atoms with Crippen molar-refractivity contribution in [1.29, 1.82) is 0 Å². The number of aromatic nitrogens is 2. The van der Waals surface area contributed by atoms with Crippen LogP contribution in [0.15, 0.2) is 48.8 Å². The lowest BCUT2D eigenvalue weighted by Gasteiger charge is -1.95. The normalized spacial score (nSPS) is 10.3. The fourth-order valence-corrected chi connectivity index (χ4v) is 2.22. The van der Waals surface area contributed by atoms with Crippen LogP contribution in [0.2, 0.25) is 0 Å². The van der Waals surface area contributed by atoms with E-state index in [2.05, 4.69) is 27.6 Å². The lowest BCUT2D eigenvalue weighted by atomic mass is 10.2. The molecule has 0 fully saturated rings. The Hall–Kier alpha value is -1.08. The van der Waals surface area contributed by atoms with Crippen molar-refractivity contribution in [2.75, 3.05) is 0 Å². The lowest BCUT2D eigenvalue weighted by Crippen LogP contribution is -1.82. The molecular weight excluding hydrogens is 407 g/mol. The van der Waals surface area contributed by atoms with Crippen LogP contribution in [-0.2, 0) is 0 Å². The smallest absolute Gasteiger partial charge is 0.137 e. The van der Waals surface area contributed by atoms with Crippen LogP contribution in [0, 0.1) is 3.57 Å². The van der Waals surface area contributed by atoms with Crippen LogP contribution in [-0.4, -0.2) is 14.5 Å². The van der Waals surface area contributed by atoms with E-state index in [0.717, 1.165) is 16.9 Å². The molecule has 0 spiro atoms. The van der Waals surface area contributed by atoms with Crippen LogP contribution >= 0.6 is 39.6 Å². The highest BCUT2D eigenvalue weighted by Crippen LogP contribution is 2.22. The van der Waals surface area contributed by atoms with Gasteiger partial charge in [0.1, 0.15) is 11.4 Å². The summed E-state index contributed by atoms with van der Waals surface area (Å²) >= 11 is 2.27. The second-order valence-corrected chi connectivity index (χ2v) is 5.03. The fourth-order valence-electron chi connectivity index (χ4n) is 1.74. The zero-order valence-corrected chi connectivity index (χ0v) is 13.1. The number of halogens is 2. The summed E-state index contributed by atoms with van der Waals surface area (Å²) in [6.07, 6.45) is 4.02. The maximum atomic E-state index is 9.25. The van der Waals surface area contributed by atoms with Crippen molar-refractivity contribution in [3.63, 3.8) is 0 Å². The summed E-state index contributed by atoms with van der Waals surface area (Å²) in [5.74, 6) is 0.270. The Bertz CT molecular complexity index is 679. The Balaban J connectivity index is 0.00000120. The summed E-state index contributed by atoms with van der Waals surface area (Å²) < 4.78 is 3.18. The molecule has 0 saturated heterocycles. The molecule has 0 bridgehead atoms. The zero-order chi connectivity index (χ0) is 11.8. The van der Waals surface area contributed by atoms with E-state index in [0.29, 0.717) is 0 Å². The number of benzene rings is 1. The quantitative estimate of drug-likeness (QED) is 0.611. The van der Waals surface area contributed by atoms with Crippen LogP contribution in [0.4, 0.5) is 0 Å². The minimum absolute atomic E-state index is 0. The van der Waals surface area contributed by atoms with E-state index in [-0.39, 0.29) is 22.7 Å². The van der Waals surface area contributed by atoms with E-state index >= 15 is 0 Å². The minimum Gasteiger partial charge on any atom is -0.508 e. The zero-order valence-electron chi connectivity index (χ0n) is 9.25. The van der Waals surface area contributed by atoms with Gasteiger partial charge in [0.2, 0.25) is 0 Å². The Labute approximate surface area is 128 Å². The van der Waals surface area contributed by atoms with Crippen LogP contribution < -0.4 is 0 Å². The number of fused-ring (bicyclic) bond motifs is 1. The van der Waals surface area contributed by atoms with E-state index in [1.54, 1.807) is 12.1 Å². The number of hydrogen-bond acceptors (Lipinski definition) is 2. The molecule has 3 rings (SSSR count).